The van der Waals surface area contributed by atoms with Crippen LogP contribution in [-0.2, 0) is 14.6 Å². The molecule has 1 amide bonds. The first-order valence-electron chi connectivity index (χ1n) is 4.45. The van der Waals surface area contributed by atoms with Crippen LogP contribution >= 0.6 is 0 Å². The van der Waals surface area contributed by atoms with Crippen LogP contribution in [0.5, 0.6) is 0 Å². The molecule has 0 aliphatic carbocycles. The summed E-state index contributed by atoms with van der Waals surface area (Å²) < 4.78 is 23.1. The highest BCUT2D eigenvalue weighted by molar-refractivity contribution is 7.92. The summed E-state index contributed by atoms with van der Waals surface area (Å²) in [5.41, 5.74) is 8.04. The van der Waals surface area contributed by atoms with Gasteiger partial charge in [-0.1, -0.05) is 5.11 Å². The molecule has 1 aliphatic heterocycles. The molecule has 0 bridgehead atoms. The molecule has 1 aliphatic rings. The summed E-state index contributed by atoms with van der Waals surface area (Å²) in [6.07, 6.45) is 0.420. The maximum absolute atomic E-state index is 11.6. The number of sulfone groups is 1. The summed E-state index contributed by atoms with van der Waals surface area (Å²) >= 11 is 0. The highest BCUT2D eigenvalue weighted by atomic mass is 32.2. The van der Waals surface area contributed by atoms with Gasteiger partial charge >= 0.3 is 0 Å². The molecule has 0 radical (unpaired) electrons. The van der Waals surface area contributed by atoms with Crippen LogP contribution in [0, 0.1) is 0 Å². The number of azide groups is 1. The van der Waals surface area contributed by atoms with Crippen molar-refractivity contribution in [2.24, 2.45) is 5.11 Å². The van der Waals surface area contributed by atoms with Gasteiger partial charge in [-0.25, -0.2) is 8.42 Å². The summed E-state index contributed by atoms with van der Waals surface area (Å²) in [5, 5.41) is 2.46. The summed E-state index contributed by atoms with van der Waals surface area (Å²) in [6.45, 7) is 2.07. The molecule has 0 saturated carbocycles. The first-order valence-corrected chi connectivity index (χ1v) is 6.17. The first-order chi connectivity index (χ1) is 6.97. The number of amides is 1. The molecule has 1 heterocycles. The minimum atomic E-state index is -3.40. The second kappa shape index (κ2) is 4.50. The molecule has 0 N–H and O–H groups in total. The van der Waals surface area contributed by atoms with Crippen molar-refractivity contribution in [3.8, 4) is 0 Å². The van der Waals surface area contributed by atoms with E-state index in [1.165, 1.54) is 11.8 Å². The number of carbonyl (C=O) groups is 1. The number of hydrogen-bond donors (Lipinski definition) is 0. The molecular weight excluding hydrogens is 220 g/mol. The molecule has 0 aromatic heterocycles. The van der Waals surface area contributed by atoms with Crippen molar-refractivity contribution in [2.45, 2.75) is 18.6 Å². The van der Waals surface area contributed by atoms with Crippen LogP contribution in [0.2, 0.25) is 0 Å². The fourth-order valence-electron chi connectivity index (χ4n) is 1.52. The average molecular weight is 232 g/mol. The lowest BCUT2D eigenvalue weighted by Crippen LogP contribution is -2.30. The first kappa shape index (κ1) is 11.8. The number of rotatable bonds is 3. The fourth-order valence-corrected chi connectivity index (χ4v) is 2.81. The number of likely N-dealkylation sites (tertiary alicyclic amines) is 1. The Kier molecular flexibility index (Phi) is 3.54. The van der Waals surface area contributed by atoms with Crippen molar-refractivity contribution >= 4 is 15.7 Å². The van der Waals surface area contributed by atoms with Gasteiger partial charge in [0.25, 0.3) is 0 Å². The summed E-state index contributed by atoms with van der Waals surface area (Å²) in [6, 6.07) is 0. The van der Waals surface area contributed by atoms with E-state index < -0.39 is 21.0 Å². The van der Waals surface area contributed by atoms with Crippen molar-refractivity contribution in [3.63, 3.8) is 0 Å². The summed E-state index contributed by atoms with van der Waals surface area (Å²) in [7, 11) is -3.40. The van der Waals surface area contributed by atoms with Crippen LogP contribution in [0.3, 0.4) is 0 Å². The highest BCUT2D eigenvalue weighted by Gasteiger charge is 2.33. The summed E-state index contributed by atoms with van der Waals surface area (Å²) in [4.78, 5) is 14.9. The van der Waals surface area contributed by atoms with Gasteiger partial charge in [-0.05, 0) is 12.0 Å². The van der Waals surface area contributed by atoms with E-state index in [1.807, 2.05) is 0 Å². The maximum Gasteiger partial charge on any atom is 0.219 e. The Balaban J connectivity index is 2.67. The van der Waals surface area contributed by atoms with Gasteiger partial charge in [0, 0.05) is 24.9 Å². The third-order valence-electron chi connectivity index (χ3n) is 2.40. The van der Waals surface area contributed by atoms with Crippen molar-refractivity contribution in [1.29, 1.82) is 0 Å². The minimum Gasteiger partial charge on any atom is -0.342 e. The average Bonchev–Trinajstić information content (AvgIpc) is 2.64. The molecule has 1 rings (SSSR count). The Hall–Kier alpha value is -1.27. The molecule has 84 valence electrons. The smallest absolute Gasteiger partial charge is 0.219 e. The van der Waals surface area contributed by atoms with Gasteiger partial charge in [-0.3, -0.25) is 4.79 Å². The van der Waals surface area contributed by atoms with Crippen LogP contribution in [0.25, 0.3) is 10.4 Å². The maximum atomic E-state index is 11.6. The quantitative estimate of drug-likeness (QED) is 0.396. The monoisotopic (exact) mass is 232 g/mol. The van der Waals surface area contributed by atoms with Gasteiger partial charge < -0.3 is 4.90 Å². The zero-order chi connectivity index (χ0) is 11.5. The van der Waals surface area contributed by atoms with Crippen LogP contribution in [-0.4, -0.2) is 43.4 Å². The van der Waals surface area contributed by atoms with E-state index in [1.54, 1.807) is 0 Å². The number of nitrogens with zero attached hydrogens (tertiary/aromatic N) is 4. The molecule has 15 heavy (non-hydrogen) atoms. The standard InChI is InChI=1S/C7H12N4O3S/c1-6(12)11-3-2-7(4-11)15(13,14)5-9-10-8/h7H,2-5H2,1H3. The van der Waals surface area contributed by atoms with Crippen molar-refractivity contribution in [3.05, 3.63) is 10.4 Å². The van der Waals surface area contributed by atoms with Gasteiger partial charge in [-0.15, -0.1) is 0 Å². The normalized spacial score (nSPS) is 21.1. The zero-order valence-corrected chi connectivity index (χ0v) is 9.14. The second-order valence-corrected chi connectivity index (χ2v) is 5.65. The number of carbonyl (C=O) groups excluding carboxylic acids is 1. The van der Waals surface area contributed by atoms with E-state index in [4.69, 9.17) is 5.53 Å². The van der Waals surface area contributed by atoms with Gasteiger partial charge in [0.15, 0.2) is 9.84 Å². The molecular formula is C7H12N4O3S. The van der Waals surface area contributed by atoms with E-state index >= 15 is 0 Å². The van der Waals surface area contributed by atoms with Gasteiger partial charge in [0.1, 0.15) is 5.88 Å². The van der Waals surface area contributed by atoms with Gasteiger partial charge in [0.05, 0.1) is 5.25 Å². The molecule has 8 heteroatoms. The number of hydrogen-bond acceptors (Lipinski definition) is 4. The topological polar surface area (TPSA) is 103 Å². The SMILES string of the molecule is CC(=O)N1CCC(S(=O)(=O)CN=[N+]=[N-])C1. The van der Waals surface area contributed by atoms with E-state index in [-0.39, 0.29) is 12.5 Å². The Morgan fingerprint density at radius 2 is 2.33 bits per heavy atom. The van der Waals surface area contributed by atoms with Crippen molar-refractivity contribution in [2.75, 3.05) is 19.0 Å². The lowest BCUT2D eigenvalue weighted by molar-refractivity contribution is -0.127. The van der Waals surface area contributed by atoms with E-state index in [0.29, 0.717) is 13.0 Å². The molecule has 1 fully saturated rings. The van der Waals surface area contributed by atoms with Crippen LogP contribution in [0.1, 0.15) is 13.3 Å². The third-order valence-corrected chi connectivity index (χ3v) is 4.28. The van der Waals surface area contributed by atoms with Gasteiger partial charge in [-0.2, -0.15) is 0 Å². The molecule has 0 aromatic carbocycles. The zero-order valence-electron chi connectivity index (χ0n) is 8.33. The Bertz CT molecular complexity index is 398. The lowest BCUT2D eigenvalue weighted by Gasteiger charge is -2.13. The second-order valence-electron chi connectivity index (χ2n) is 3.40. The Morgan fingerprint density at radius 1 is 1.67 bits per heavy atom. The predicted octanol–water partition coefficient (Wildman–Crippen LogP) is 0.290. The van der Waals surface area contributed by atoms with Crippen molar-refractivity contribution in [1.82, 2.24) is 4.90 Å². The van der Waals surface area contributed by atoms with E-state index in [9.17, 15) is 13.2 Å². The van der Waals surface area contributed by atoms with Crippen LogP contribution in [0.4, 0.5) is 0 Å². The highest BCUT2D eigenvalue weighted by Crippen LogP contribution is 2.17. The molecule has 1 unspecified atom stereocenters. The minimum absolute atomic E-state index is 0.128. The summed E-state index contributed by atoms with van der Waals surface area (Å²) in [5.74, 6) is -0.656. The van der Waals surface area contributed by atoms with Gasteiger partial charge in [0.2, 0.25) is 5.91 Å². The Morgan fingerprint density at radius 3 is 2.80 bits per heavy atom. The Labute approximate surface area is 87.6 Å². The van der Waals surface area contributed by atoms with E-state index in [0.717, 1.165) is 0 Å². The third kappa shape index (κ3) is 2.84. The van der Waals surface area contributed by atoms with Crippen LogP contribution < -0.4 is 0 Å². The van der Waals surface area contributed by atoms with Crippen molar-refractivity contribution < 1.29 is 13.2 Å². The molecule has 0 spiro atoms. The largest absolute Gasteiger partial charge is 0.342 e. The molecule has 1 saturated heterocycles. The van der Waals surface area contributed by atoms with Crippen LogP contribution in [0.15, 0.2) is 5.11 Å². The predicted molar refractivity (Wildman–Crippen MR) is 53.6 cm³/mol. The fraction of sp³-hybridized carbons (Fsp3) is 0.857. The molecule has 1 atom stereocenters. The lowest BCUT2D eigenvalue weighted by atomic mass is 10.4. The molecule has 7 nitrogen and oxygen atoms in total. The molecule has 0 aromatic rings. The van der Waals surface area contributed by atoms with E-state index in [2.05, 4.69) is 10.0 Å².